The Morgan fingerprint density at radius 3 is 2.79 bits per heavy atom. The molecule has 0 aromatic heterocycles. The maximum Gasteiger partial charge on any atom is 0.313 e. The normalized spacial score (nSPS) is 32.6. The molecule has 5 heteroatoms. The summed E-state index contributed by atoms with van der Waals surface area (Å²) >= 11 is 0. The monoisotopic (exact) mass is 219 g/mol. The third kappa shape index (κ3) is 2.91. The lowest BCUT2D eigenvalue weighted by Gasteiger charge is -2.10. The minimum Gasteiger partial charge on any atom is -0.481 e. The van der Waals surface area contributed by atoms with Crippen LogP contribution >= 0.6 is 8.15 Å². The van der Waals surface area contributed by atoms with Crippen molar-refractivity contribution in [3.05, 3.63) is 0 Å². The molecule has 1 fully saturated rings. The van der Waals surface area contributed by atoms with Gasteiger partial charge in [0.15, 0.2) is 0 Å². The fourth-order valence-electron chi connectivity index (χ4n) is 1.47. The highest BCUT2D eigenvalue weighted by Crippen LogP contribution is 2.66. The molecule has 0 bridgehead atoms. The summed E-state index contributed by atoms with van der Waals surface area (Å²) in [7, 11) is -0.737. The van der Waals surface area contributed by atoms with Gasteiger partial charge >= 0.3 is 5.97 Å². The Hall–Kier alpha value is -0.180. The lowest BCUT2D eigenvalue weighted by atomic mass is 10.2. The number of aliphatic carboxylic acids is 1. The van der Waals surface area contributed by atoms with E-state index in [1.165, 1.54) is 0 Å². The zero-order valence-electron chi connectivity index (χ0n) is 8.64. The van der Waals surface area contributed by atoms with Crippen LogP contribution in [0.15, 0.2) is 0 Å². The summed E-state index contributed by atoms with van der Waals surface area (Å²) in [5.41, 5.74) is 5.72. The predicted octanol–water partition coefficient (Wildman–Crippen LogP) is 1.38. The molecule has 0 aliphatic carbocycles. The Morgan fingerprint density at radius 2 is 2.36 bits per heavy atom. The first-order chi connectivity index (χ1) is 6.57. The largest absolute Gasteiger partial charge is 0.481 e. The molecule has 1 aliphatic rings. The zero-order valence-corrected chi connectivity index (χ0v) is 9.54. The molecule has 0 amide bonds. The topological polar surface area (TPSA) is 72.5 Å². The van der Waals surface area contributed by atoms with Crippen LogP contribution in [0.1, 0.15) is 26.7 Å². The first kappa shape index (κ1) is 11.9. The van der Waals surface area contributed by atoms with Crippen LogP contribution in [-0.2, 0) is 9.32 Å². The van der Waals surface area contributed by atoms with Gasteiger partial charge in [0.1, 0.15) is 5.66 Å². The van der Waals surface area contributed by atoms with E-state index in [1.54, 1.807) is 0 Å². The fourth-order valence-corrected chi connectivity index (χ4v) is 3.38. The van der Waals surface area contributed by atoms with Crippen LogP contribution in [0.5, 0.6) is 0 Å². The lowest BCUT2D eigenvalue weighted by molar-refractivity contribution is -0.135. The predicted molar refractivity (Wildman–Crippen MR) is 56.6 cm³/mol. The summed E-state index contributed by atoms with van der Waals surface area (Å²) in [6.45, 7) is 4.51. The van der Waals surface area contributed by atoms with Gasteiger partial charge < -0.3 is 15.4 Å². The highest BCUT2D eigenvalue weighted by Gasteiger charge is 2.53. The lowest BCUT2D eigenvalue weighted by Crippen LogP contribution is -2.24. The van der Waals surface area contributed by atoms with Crippen molar-refractivity contribution in [2.24, 2.45) is 5.73 Å². The summed E-state index contributed by atoms with van der Waals surface area (Å²) < 4.78 is 5.51. The van der Waals surface area contributed by atoms with Gasteiger partial charge in [-0.3, -0.25) is 4.79 Å². The molecule has 4 atom stereocenters. The number of hydrogen-bond donors (Lipinski definition) is 2. The van der Waals surface area contributed by atoms with Crippen LogP contribution in [0.2, 0.25) is 0 Å². The van der Waals surface area contributed by atoms with Gasteiger partial charge in [0.2, 0.25) is 0 Å². The summed E-state index contributed by atoms with van der Waals surface area (Å²) in [6.07, 6.45) is 1.98. The van der Waals surface area contributed by atoms with Gasteiger partial charge in [-0.15, -0.1) is 0 Å². The number of nitrogens with two attached hydrogens (primary N) is 1. The highest BCUT2D eigenvalue weighted by atomic mass is 31.2. The van der Waals surface area contributed by atoms with Gasteiger partial charge in [0, 0.05) is 19.8 Å². The molecule has 0 radical (unpaired) electrons. The van der Waals surface area contributed by atoms with E-state index in [0.29, 0.717) is 6.61 Å². The van der Waals surface area contributed by atoms with Gasteiger partial charge in [0.25, 0.3) is 0 Å². The van der Waals surface area contributed by atoms with Crippen molar-refractivity contribution < 1.29 is 14.4 Å². The minimum absolute atomic E-state index is 0.0599. The molecule has 0 spiro atoms. The average Bonchev–Trinajstić information content (AvgIpc) is 2.74. The van der Waals surface area contributed by atoms with Gasteiger partial charge in [-0.1, -0.05) is 20.3 Å². The Kier molecular flexibility index (Phi) is 4.30. The van der Waals surface area contributed by atoms with E-state index in [4.69, 9.17) is 15.4 Å². The van der Waals surface area contributed by atoms with E-state index < -0.39 is 14.1 Å². The van der Waals surface area contributed by atoms with Crippen molar-refractivity contribution in [3.8, 4) is 0 Å². The molecule has 3 N–H and O–H groups in total. The minimum atomic E-state index is -0.737. The molecule has 4 nitrogen and oxygen atoms in total. The molecule has 1 aliphatic heterocycles. The molecule has 1 heterocycles. The van der Waals surface area contributed by atoms with Crippen molar-refractivity contribution in [1.82, 2.24) is 0 Å². The summed E-state index contributed by atoms with van der Waals surface area (Å²) in [5.74, 6) is -0.729. The molecular formula is C9H18NO3P. The molecule has 1 rings (SSSR count). The number of hydrogen-bond acceptors (Lipinski definition) is 3. The van der Waals surface area contributed by atoms with Crippen LogP contribution in [0.25, 0.3) is 0 Å². The molecule has 1 saturated heterocycles. The van der Waals surface area contributed by atoms with E-state index in [9.17, 15) is 4.79 Å². The van der Waals surface area contributed by atoms with E-state index >= 15 is 0 Å². The SMILES string of the molecule is CCCC(N)COP1C(C)C1C(=O)O. The maximum atomic E-state index is 10.7. The van der Waals surface area contributed by atoms with E-state index in [2.05, 4.69) is 6.92 Å². The van der Waals surface area contributed by atoms with Crippen LogP contribution < -0.4 is 5.73 Å². The first-order valence-corrected chi connectivity index (χ1v) is 6.37. The summed E-state index contributed by atoms with van der Waals surface area (Å²) in [6, 6.07) is 0.0599. The quantitative estimate of drug-likeness (QED) is 0.662. The Balaban J connectivity index is 2.18. The molecule has 0 aromatic rings. The second-order valence-corrected chi connectivity index (χ2v) is 6.08. The molecular weight excluding hydrogens is 201 g/mol. The molecule has 4 unspecified atom stereocenters. The summed E-state index contributed by atoms with van der Waals surface area (Å²) in [4.78, 5) is 10.7. The molecule has 82 valence electrons. The van der Waals surface area contributed by atoms with Crippen molar-refractivity contribution in [2.75, 3.05) is 6.61 Å². The second-order valence-electron chi connectivity index (χ2n) is 3.73. The van der Waals surface area contributed by atoms with Gasteiger partial charge in [-0.2, -0.15) is 0 Å². The summed E-state index contributed by atoms with van der Waals surface area (Å²) in [5, 5.41) is 8.77. The smallest absolute Gasteiger partial charge is 0.313 e. The van der Waals surface area contributed by atoms with E-state index in [-0.39, 0.29) is 17.4 Å². The number of carbonyl (C=O) groups is 1. The van der Waals surface area contributed by atoms with E-state index in [0.717, 1.165) is 12.8 Å². The highest BCUT2D eigenvalue weighted by molar-refractivity contribution is 7.63. The van der Waals surface area contributed by atoms with Crippen molar-refractivity contribution in [3.63, 3.8) is 0 Å². The first-order valence-electron chi connectivity index (χ1n) is 4.97. The van der Waals surface area contributed by atoms with Gasteiger partial charge in [-0.05, 0) is 6.42 Å². The van der Waals surface area contributed by atoms with Gasteiger partial charge in [-0.25, -0.2) is 0 Å². The molecule has 0 saturated carbocycles. The Morgan fingerprint density at radius 1 is 1.71 bits per heavy atom. The second kappa shape index (κ2) is 5.06. The van der Waals surface area contributed by atoms with Crippen LogP contribution in [0.3, 0.4) is 0 Å². The van der Waals surface area contributed by atoms with E-state index in [1.807, 2.05) is 6.92 Å². The van der Waals surface area contributed by atoms with Crippen LogP contribution in [0.4, 0.5) is 0 Å². The van der Waals surface area contributed by atoms with Crippen LogP contribution in [-0.4, -0.2) is 35.0 Å². The Bertz CT molecular complexity index is 212. The third-order valence-electron chi connectivity index (χ3n) is 2.39. The average molecular weight is 219 g/mol. The zero-order chi connectivity index (χ0) is 10.7. The fraction of sp³-hybridized carbons (Fsp3) is 0.889. The van der Waals surface area contributed by atoms with Crippen LogP contribution in [0, 0.1) is 0 Å². The molecule has 0 aromatic carbocycles. The van der Waals surface area contributed by atoms with Crippen molar-refractivity contribution in [1.29, 1.82) is 0 Å². The van der Waals surface area contributed by atoms with Gasteiger partial charge in [0.05, 0.1) is 6.61 Å². The third-order valence-corrected chi connectivity index (χ3v) is 4.81. The standard InChI is InChI=1S/C9H18NO3P/c1-3-4-7(10)5-13-14-6(2)8(14)9(11)12/h6-8H,3-5,10H2,1-2H3,(H,11,12). The maximum absolute atomic E-state index is 10.7. The number of rotatable bonds is 6. The van der Waals surface area contributed by atoms with Crippen molar-refractivity contribution >= 4 is 14.1 Å². The molecule has 14 heavy (non-hydrogen) atoms. The number of carboxylic acids is 1. The number of carboxylic acid groups (broad SMARTS) is 1. The Labute approximate surface area is 85.6 Å². The van der Waals surface area contributed by atoms with Crippen molar-refractivity contribution in [2.45, 2.75) is 44.0 Å².